The number of hydrogen-bond acceptors (Lipinski definition) is 4. The smallest absolute Gasteiger partial charge is 0.419 e. The van der Waals surface area contributed by atoms with Crippen LogP contribution in [0.4, 0.5) is 13.2 Å². The number of nitrogens with zero attached hydrogens (tertiary/aromatic N) is 1. The van der Waals surface area contributed by atoms with Crippen molar-refractivity contribution in [3.05, 3.63) is 89.6 Å². The summed E-state index contributed by atoms with van der Waals surface area (Å²) in [6, 6.07) is 18.4. The number of carbonyl (C=O) groups is 1. The second-order valence-electron chi connectivity index (χ2n) is 10.1. The number of alkyl halides is 3. The number of aromatic nitrogens is 1. The molecule has 0 radical (unpaired) electrons. The third-order valence-corrected chi connectivity index (χ3v) is 9.43. The van der Waals surface area contributed by atoms with E-state index in [2.05, 4.69) is 4.98 Å². The molecule has 7 nitrogen and oxygen atoms in total. The minimum Gasteiger partial charge on any atom is -0.493 e. The molecule has 0 spiro atoms. The molecule has 0 bridgehead atoms. The zero-order valence-electron chi connectivity index (χ0n) is 22.2. The van der Waals surface area contributed by atoms with Crippen LogP contribution in [0.5, 0.6) is 5.75 Å². The minimum absolute atomic E-state index is 0.0645. The first-order valence-corrected chi connectivity index (χ1v) is 14.9. The molecule has 1 aliphatic rings. The molecule has 5 rings (SSSR count). The standard InChI is InChI=1S/C30H30F3N3O4S/c31-30(32,33)26-9-4-5-10-27(26)40-15-6-16-41(38,39)36-13-11-21(12-14-36)25-19-35-28-23(25)17-22(18-24(28)29(34)37)20-7-2-1-3-8-20/h1-5,7-10,17-19,21,35H,6,11-16H2,(H2,34,37). The normalized spacial score (nSPS) is 15.3. The molecule has 4 aromatic rings. The molecule has 1 amide bonds. The SMILES string of the molecule is NC(=O)c1cc(-c2ccccc2)cc2c(C3CCN(S(=O)(=O)CCCOc4ccccc4C(F)(F)F)CC3)c[nH]c12. The quantitative estimate of drug-likeness (QED) is 0.238. The number of fused-ring (bicyclic) bond motifs is 1. The Bertz CT molecular complexity index is 1640. The highest BCUT2D eigenvalue weighted by Crippen LogP contribution is 2.38. The van der Waals surface area contributed by atoms with Crippen molar-refractivity contribution in [3.63, 3.8) is 0 Å². The second kappa shape index (κ2) is 11.6. The van der Waals surface area contributed by atoms with E-state index in [4.69, 9.17) is 10.5 Å². The fourth-order valence-corrected chi connectivity index (χ4v) is 6.91. The fraction of sp³-hybridized carbons (Fsp3) is 0.300. The average molecular weight is 586 g/mol. The Morgan fingerprint density at radius 2 is 1.68 bits per heavy atom. The summed E-state index contributed by atoms with van der Waals surface area (Å²) < 4.78 is 72.2. The summed E-state index contributed by atoms with van der Waals surface area (Å²) in [5.74, 6) is -0.995. The number of piperidine rings is 1. The number of nitrogens with two attached hydrogens (primary N) is 1. The molecule has 0 aliphatic carbocycles. The van der Waals surface area contributed by atoms with Gasteiger partial charge in [0.05, 0.1) is 29.0 Å². The maximum Gasteiger partial charge on any atom is 0.419 e. The van der Waals surface area contributed by atoms with Gasteiger partial charge in [-0.3, -0.25) is 4.79 Å². The van der Waals surface area contributed by atoms with E-state index in [1.54, 1.807) is 6.07 Å². The zero-order valence-corrected chi connectivity index (χ0v) is 23.0. The third kappa shape index (κ3) is 6.25. The number of halogens is 3. The monoisotopic (exact) mass is 585 g/mol. The van der Waals surface area contributed by atoms with E-state index >= 15 is 0 Å². The van der Waals surface area contributed by atoms with Crippen molar-refractivity contribution in [2.45, 2.75) is 31.4 Å². The lowest BCUT2D eigenvalue weighted by Gasteiger charge is -2.31. The number of hydrogen-bond donors (Lipinski definition) is 2. The minimum atomic E-state index is -4.55. The van der Waals surface area contributed by atoms with Gasteiger partial charge in [-0.15, -0.1) is 0 Å². The maximum atomic E-state index is 13.2. The van der Waals surface area contributed by atoms with Gasteiger partial charge in [-0.2, -0.15) is 13.2 Å². The number of para-hydroxylation sites is 1. The molecular weight excluding hydrogens is 555 g/mol. The van der Waals surface area contributed by atoms with E-state index in [1.807, 2.05) is 42.6 Å². The van der Waals surface area contributed by atoms with Gasteiger partial charge in [0, 0.05) is 24.7 Å². The number of benzene rings is 3. The Morgan fingerprint density at radius 3 is 2.37 bits per heavy atom. The van der Waals surface area contributed by atoms with Gasteiger partial charge < -0.3 is 15.5 Å². The van der Waals surface area contributed by atoms with Crippen LogP contribution in [0.3, 0.4) is 0 Å². The van der Waals surface area contributed by atoms with Crippen molar-refractivity contribution in [2.24, 2.45) is 5.73 Å². The Balaban J connectivity index is 1.24. The van der Waals surface area contributed by atoms with E-state index < -0.39 is 27.7 Å². The first-order chi connectivity index (χ1) is 19.5. The molecule has 1 saturated heterocycles. The first kappa shape index (κ1) is 28.7. The van der Waals surface area contributed by atoms with Crippen molar-refractivity contribution in [1.29, 1.82) is 0 Å². The van der Waals surface area contributed by atoms with Crippen LogP contribution in [0.2, 0.25) is 0 Å². The van der Waals surface area contributed by atoms with Crippen LogP contribution in [0.25, 0.3) is 22.0 Å². The molecule has 0 saturated carbocycles. The van der Waals surface area contributed by atoms with Crippen LogP contribution < -0.4 is 10.5 Å². The summed E-state index contributed by atoms with van der Waals surface area (Å²) in [6.45, 7) is 0.487. The molecule has 3 aromatic carbocycles. The van der Waals surface area contributed by atoms with Gasteiger partial charge >= 0.3 is 6.18 Å². The number of aromatic amines is 1. The number of ether oxygens (including phenoxy) is 1. The number of rotatable bonds is 9. The molecule has 2 heterocycles. The maximum absolute atomic E-state index is 13.2. The highest BCUT2D eigenvalue weighted by atomic mass is 32.2. The van der Waals surface area contributed by atoms with Gasteiger partial charge in [0.25, 0.3) is 5.91 Å². The highest BCUT2D eigenvalue weighted by Gasteiger charge is 2.34. The Hall–Kier alpha value is -3.83. The van der Waals surface area contributed by atoms with Gasteiger partial charge in [-0.1, -0.05) is 42.5 Å². The molecule has 0 atom stereocenters. The Labute approximate surface area is 236 Å². The van der Waals surface area contributed by atoms with Gasteiger partial charge in [0.15, 0.2) is 0 Å². The average Bonchev–Trinajstić information content (AvgIpc) is 3.39. The molecule has 1 aromatic heterocycles. The molecule has 216 valence electrons. The van der Waals surface area contributed by atoms with Crippen LogP contribution in [0.1, 0.15) is 46.7 Å². The predicted molar refractivity (Wildman–Crippen MR) is 151 cm³/mol. The van der Waals surface area contributed by atoms with Gasteiger partial charge in [0.2, 0.25) is 10.0 Å². The third-order valence-electron chi connectivity index (χ3n) is 7.48. The lowest BCUT2D eigenvalue weighted by molar-refractivity contribution is -0.138. The van der Waals surface area contributed by atoms with Crippen molar-refractivity contribution in [2.75, 3.05) is 25.4 Å². The van der Waals surface area contributed by atoms with Crippen molar-refractivity contribution < 1.29 is 31.1 Å². The summed E-state index contributed by atoms with van der Waals surface area (Å²) in [5.41, 5.74) is 8.70. The van der Waals surface area contributed by atoms with Crippen molar-refractivity contribution >= 4 is 26.8 Å². The lowest BCUT2D eigenvalue weighted by Crippen LogP contribution is -2.39. The summed E-state index contributed by atoms with van der Waals surface area (Å²) in [5, 5.41) is 0.887. The van der Waals surface area contributed by atoms with Crippen LogP contribution >= 0.6 is 0 Å². The molecule has 1 aliphatic heterocycles. The lowest BCUT2D eigenvalue weighted by atomic mass is 9.88. The molecule has 0 unspecified atom stereocenters. The van der Waals surface area contributed by atoms with Gasteiger partial charge in [-0.05, 0) is 66.1 Å². The molecule has 11 heteroatoms. The summed E-state index contributed by atoms with van der Waals surface area (Å²) in [4.78, 5) is 15.5. The van der Waals surface area contributed by atoms with E-state index in [-0.39, 0.29) is 30.4 Å². The Kier molecular flexibility index (Phi) is 8.10. The van der Waals surface area contributed by atoms with Crippen LogP contribution in [0.15, 0.2) is 72.9 Å². The molecule has 41 heavy (non-hydrogen) atoms. The van der Waals surface area contributed by atoms with Crippen LogP contribution in [-0.2, 0) is 16.2 Å². The highest BCUT2D eigenvalue weighted by molar-refractivity contribution is 7.89. The first-order valence-electron chi connectivity index (χ1n) is 13.3. The number of H-pyrrole nitrogens is 1. The molecule has 3 N–H and O–H groups in total. The van der Waals surface area contributed by atoms with Crippen LogP contribution in [-0.4, -0.2) is 49.1 Å². The summed E-state index contributed by atoms with van der Waals surface area (Å²) in [6.07, 6.45) is -1.44. The van der Waals surface area contributed by atoms with E-state index in [9.17, 15) is 26.4 Å². The predicted octanol–water partition coefficient (Wildman–Crippen LogP) is 5.93. The topological polar surface area (TPSA) is 105 Å². The van der Waals surface area contributed by atoms with E-state index in [1.165, 1.54) is 22.5 Å². The summed E-state index contributed by atoms with van der Waals surface area (Å²) in [7, 11) is -3.61. The number of primary amides is 1. The van der Waals surface area contributed by atoms with Crippen LogP contribution in [0, 0.1) is 0 Å². The van der Waals surface area contributed by atoms with Crippen molar-refractivity contribution in [1.82, 2.24) is 9.29 Å². The van der Waals surface area contributed by atoms with E-state index in [0.717, 1.165) is 28.1 Å². The fourth-order valence-electron chi connectivity index (χ4n) is 5.41. The van der Waals surface area contributed by atoms with Gasteiger partial charge in [0.1, 0.15) is 5.75 Å². The number of carbonyl (C=O) groups excluding carboxylic acids is 1. The van der Waals surface area contributed by atoms with Gasteiger partial charge in [-0.25, -0.2) is 12.7 Å². The van der Waals surface area contributed by atoms with E-state index in [0.29, 0.717) is 37.0 Å². The Morgan fingerprint density at radius 1 is 1.00 bits per heavy atom. The molecule has 1 fully saturated rings. The molecular formula is C30H30F3N3O4S. The zero-order chi connectivity index (χ0) is 29.2. The largest absolute Gasteiger partial charge is 0.493 e. The number of amides is 1. The van der Waals surface area contributed by atoms with Crippen molar-refractivity contribution in [3.8, 4) is 16.9 Å². The summed E-state index contributed by atoms with van der Waals surface area (Å²) >= 11 is 0. The number of nitrogens with one attached hydrogen (secondary N) is 1. The number of sulfonamides is 1. The second-order valence-corrected chi connectivity index (χ2v) is 12.2.